The monoisotopic (exact) mass is 575 g/mol. The van der Waals surface area contributed by atoms with Crippen LogP contribution in [0.15, 0.2) is 91.0 Å². The second-order valence-corrected chi connectivity index (χ2v) is 16.6. The molecule has 0 heterocycles. The van der Waals surface area contributed by atoms with Crippen LogP contribution in [-0.4, -0.2) is 50.2 Å². The van der Waals surface area contributed by atoms with E-state index in [2.05, 4.69) is 83.1 Å². The molecule has 3 aromatic carbocycles. The number of hydrogen-bond donors (Lipinski definition) is 1. The first-order valence-corrected chi connectivity index (χ1v) is 16.9. The van der Waals surface area contributed by atoms with E-state index in [4.69, 9.17) is 9.16 Å². The molecule has 0 fully saturated rings. The maximum atomic E-state index is 13.7. The minimum absolute atomic E-state index is 0.132. The molecular formula is C35H49NO4Si. The van der Waals surface area contributed by atoms with E-state index in [9.17, 15) is 9.90 Å². The number of unbranched alkanes of at least 4 members (excludes halogenated alkanes) is 1. The highest BCUT2D eigenvalue weighted by molar-refractivity contribution is 6.99. The Morgan fingerprint density at radius 2 is 1.37 bits per heavy atom. The molecule has 0 bridgehead atoms. The fourth-order valence-corrected chi connectivity index (χ4v) is 10.0. The van der Waals surface area contributed by atoms with Crippen LogP contribution in [0.4, 0.5) is 4.79 Å². The van der Waals surface area contributed by atoms with Crippen LogP contribution in [0.2, 0.25) is 5.04 Å². The van der Waals surface area contributed by atoms with Crippen LogP contribution in [0, 0.1) is 5.92 Å². The minimum atomic E-state index is -2.78. The van der Waals surface area contributed by atoms with Crippen molar-refractivity contribution in [2.75, 3.05) is 19.8 Å². The molecule has 1 N–H and O–H groups in total. The van der Waals surface area contributed by atoms with Crippen molar-refractivity contribution < 1.29 is 19.1 Å². The first-order chi connectivity index (χ1) is 19.7. The Labute approximate surface area is 248 Å². The molecule has 0 saturated carbocycles. The van der Waals surface area contributed by atoms with Gasteiger partial charge < -0.3 is 19.2 Å². The number of rotatable bonds is 15. The molecule has 0 radical (unpaired) electrons. The third kappa shape index (κ3) is 9.02. The van der Waals surface area contributed by atoms with E-state index in [0.29, 0.717) is 25.5 Å². The summed E-state index contributed by atoms with van der Waals surface area (Å²) in [6, 6.07) is 30.8. The molecule has 0 aliphatic heterocycles. The summed E-state index contributed by atoms with van der Waals surface area (Å²) in [5, 5.41) is 11.8. The van der Waals surface area contributed by atoms with E-state index in [1.165, 1.54) is 10.4 Å². The molecule has 1 amide bonds. The highest BCUT2D eigenvalue weighted by Gasteiger charge is 2.50. The fourth-order valence-electron chi connectivity index (χ4n) is 5.43. The lowest BCUT2D eigenvalue weighted by atomic mass is 10.1. The molecule has 0 aromatic heterocycles. The van der Waals surface area contributed by atoms with Gasteiger partial charge in [0.25, 0.3) is 8.32 Å². The molecule has 6 heteroatoms. The first kappa shape index (κ1) is 32.6. The van der Waals surface area contributed by atoms with Gasteiger partial charge in [-0.15, -0.1) is 0 Å². The van der Waals surface area contributed by atoms with Crippen molar-refractivity contribution in [1.29, 1.82) is 0 Å². The van der Waals surface area contributed by atoms with Gasteiger partial charge in [-0.05, 0) is 52.6 Å². The van der Waals surface area contributed by atoms with Crippen LogP contribution in [0.5, 0.6) is 0 Å². The molecule has 3 aromatic rings. The zero-order valence-corrected chi connectivity index (χ0v) is 26.6. The Morgan fingerprint density at radius 3 is 1.85 bits per heavy atom. The molecule has 1 atom stereocenters. The van der Waals surface area contributed by atoms with E-state index < -0.39 is 8.32 Å². The van der Waals surface area contributed by atoms with E-state index >= 15 is 0 Å². The van der Waals surface area contributed by atoms with Gasteiger partial charge in [0.1, 0.15) is 6.61 Å². The molecule has 222 valence electrons. The Bertz CT molecular complexity index is 1110. The number of carbonyl (C=O) groups is 1. The molecular weight excluding hydrogens is 526 g/mol. The molecule has 1 unspecified atom stereocenters. The topological polar surface area (TPSA) is 59.0 Å². The number of amides is 1. The van der Waals surface area contributed by atoms with E-state index in [1.807, 2.05) is 47.4 Å². The molecule has 0 aliphatic carbocycles. The Hall–Kier alpha value is -2.93. The van der Waals surface area contributed by atoms with Crippen LogP contribution in [0.25, 0.3) is 0 Å². The number of aliphatic hydroxyl groups is 1. The predicted octanol–water partition coefficient (Wildman–Crippen LogP) is 6.78. The van der Waals surface area contributed by atoms with E-state index in [1.54, 1.807) is 0 Å². The van der Waals surface area contributed by atoms with Gasteiger partial charge in [0.05, 0.1) is 12.6 Å². The summed E-state index contributed by atoms with van der Waals surface area (Å²) in [5.74, 6) is 0.440. The lowest BCUT2D eigenvalue weighted by Gasteiger charge is -2.44. The Kier molecular flexibility index (Phi) is 12.6. The standard InChI is InChI=1S/C35H49NO4Si/c1-29(2)24-25-36(34(38)39-27-30-17-9-6-10-18-30)31(19-15-16-26-37)28-40-41(35(3,4)5,32-20-11-7-12-21-32)33-22-13-8-14-23-33/h6-14,17-18,20-23,29,31,37H,15-16,19,24-28H2,1-5H3. The highest BCUT2D eigenvalue weighted by Crippen LogP contribution is 2.37. The fraction of sp³-hybridized carbons (Fsp3) is 0.457. The van der Waals surface area contributed by atoms with Gasteiger partial charge in [0.15, 0.2) is 0 Å². The lowest BCUT2D eigenvalue weighted by Crippen LogP contribution is -2.67. The van der Waals surface area contributed by atoms with Crippen molar-refractivity contribution >= 4 is 24.8 Å². The maximum Gasteiger partial charge on any atom is 0.410 e. The van der Waals surface area contributed by atoms with Crippen LogP contribution < -0.4 is 10.4 Å². The smallest absolute Gasteiger partial charge is 0.410 e. The van der Waals surface area contributed by atoms with Crippen molar-refractivity contribution in [2.24, 2.45) is 5.92 Å². The SMILES string of the molecule is CC(C)CCN(C(=O)OCc1ccccc1)C(CCCCO)CO[Si](c1ccccc1)(c1ccccc1)C(C)(C)C. The van der Waals surface area contributed by atoms with Gasteiger partial charge in [-0.1, -0.05) is 126 Å². The second-order valence-electron chi connectivity index (χ2n) is 12.3. The van der Waals surface area contributed by atoms with Gasteiger partial charge in [0, 0.05) is 13.2 Å². The normalized spacial score (nSPS) is 12.8. The summed E-state index contributed by atoms with van der Waals surface area (Å²) in [7, 11) is -2.78. The molecule has 41 heavy (non-hydrogen) atoms. The zero-order chi connectivity index (χ0) is 29.7. The van der Waals surface area contributed by atoms with Gasteiger partial charge in [-0.2, -0.15) is 0 Å². The largest absolute Gasteiger partial charge is 0.445 e. The molecule has 5 nitrogen and oxygen atoms in total. The zero-order valence-electron chi connectivity index (χ0n) is 25.6. The first-order valence-electron chi connectivity index (χ1n) is 15.0. The highest BCUT2D eigenvalue weighted by atomic mass is 28.4. The van der Waals surface area contributed by atoms with Crippen molar-refractivity contribution in [3.63, 3.8) is 0 Å². The summed E-state index contributed by atoms with van der Waals surface area (Å²) < 4.78 is 13.2. The predicted molar refractivity (Wildman–Crippen MR) is 171 cm³/mol. The van der Waals surface area contributed by atoms with Crippen LogP contribution in [0.3, 0.4) is 0 Å². The molecule has 0 aliphatic rings. The summed E-state index contributed by atoms with van der Waals surface area (Å²) in [4.78, 5) is 15.6. The minimum Gasteiger partial charge on any atom is -0.445 e. The van der Waals surface area contributed by atoms with Crippen molar-refractivity contribution in [3.05, 3.63) is 96.6 Å². The lowest BCUT2D eigenvalue weighted by molar-refractivity contribution is 0.0609. The molecule has 3 rings (SSSR count). The third-order valence-electron chi connectivity index (χ3n) is 7.68. The van der Waals surface area contributed by atoms with Crippen molar-refractivity contribution in [3.8, 4) is 0 Å². The third-order valence-corrected chi connectivity index (χ3v) is 12.7. The van der Waals surface area contributed by atoms with Crippen molar-refractivity contribution in [2.45, 2.75) is 78.0 Å². The number of hydrogen-bond acceptors (Lipinski definition) is 4. The molecule has 0 saturated heterocycles. The Balaban J connectivity index is 1.97. The van der Waals surface area contributed by atoms with Gasteiger partial charge in [0.2, 0.25) is 0 Å². The van der Waals surface area contributed by atoms with Gasteiger partial charge in [-0.3, -0.25) is 0 Å². The number of ether oxygens (including phenoxy) is 1. The number of benzene rings is 3. The average Bonchev–Trinajstić information content (AvgIpc) is 2.97. The van der Waals surface area contributed by atoms with Crippen LogP contribution >= 0.6 is 0 Å². The quantitative estimate of drug-likeness (QED) is 0.160. The summed E-state index contributed by atoms with van der Waals surface area (Å²) in [6.45, 7) is 12.5. The summed E-state index contributed by atoms with van der Waals surface area (Å²) in [5.41, 5.74) is 0.963. The summed E-state index contributed by atoms with van der Waals surface area (Å²) in [6.07, 6.45) is 2.78. The number of carbonyl (C=O) groups excluding carboxylic acids is 1. The van der Waals surface area contributed by atoms with Crippen molar-refractivity contribution in [1.82, 2.24) is 4.90 Å². The van der Waals surface area contributed by atoms with Gasteiger partial charge in [-0.25, -0.2) is 4.79 Å². The van der Waals surface area contributed by atoms with E-state index in [-0.39, 0.29) is 30.4 Å². The number of aliphatic hydroxyl groups excluding tert-OH is 1. The average molecular weight is 576 g/mol. The maximum absolute atomic E-state index is 13.7. The summed E-state index contributed by atoms with van der Waals surface area (Å²) >= 11 is 0. The van der Waals surface area contributed by atoms with E-state index in [0.717, 1.165) is 24.8 Å². The van der Waals surface area contributed by atoms with Crippen LogP contribution in [-0.2, 0) is 15.8 Å². The second kappa shape index (κ2) is 15.9. The Morgan fingerprint density at radius 1 is 0.829 bits per heavy atom. The number of nitrogens with zero attached hydrogens (tertiary/aromatic N) is 1. The molecule has 0 spiro atoms. The van der Waals surface area contributed by atoms with Crippen LogP contribution in [0.1, 0.15) is 65.9 Å². The van der Waals surface area contributed by atoms with Gasteiger partial charge >= 0.3 is 6.09 Å².